The van der Waals surface area contributed by atoms with Crippen LogP contribution < -0.4 is 0 Å². The van der Waals surface area contributed by atoms with Crippen LogP contribution in [0.25, 0.3) is 23.3 Å². The quantitative estimate of drug-likeness (QED) is 0.766. The van der Waals surface area contributed by atoms with Crippen molar-refractivity contribution in [2.45, 2.75) is 0 Å². The number of carbonyl (C=O) groups is 2. The van der Waals surface area contributed by atoms with E-state index in [0.29, 0.717) is 17.0 Å². The predicted molar refractivity (Wildman–Crippen MR) is 83.3 cm³/mol. The van der Waals surface area contributed by atoms with Gasteiger partial charge in [-0.1, -0.05) is 12.1 Å². The van der Waals surface area contributed by atoms with Crippen LogP contribution in [0, 0.1) is 0 Å². The van der Waals surface area contributed by atoms with Crippen molar-refractivity contribution < 1.29 is 24.2 Å². The van der Waals surface area contributed by atoms with E-state index in [1.165, 1.54) is 24.3 Å². The second kappa shape index (κ2) is 5.76. The maximum atomic E-state index is 10.9. The molecule has 23 heavy (non-hydrogen) atoms. The Labute approximate surface area is 130 Å². The van der Waals surface area contributed by atoms with E-state index in [1.807, 2.05) is 0 Å². The van der Waals surface area contributed by atoms with E-state index in [9.17, 15) is 9.59 Å². The number of rotatable bonds is 4. The van der Waals surface area contributed by atoms with Crippen LogP contribution in [0.2, 0.25) is 0 Å². The highest BCUT2D eigenvalue weighted by Gasteiger charge is 2.08. The van der Waals surface area contributed by atoms with E-state index < -0.39 is 11.9 Å². The summed E-state index contributed by atoms with van der Waals surface area (Å²) in [6.07, 6.45) is 3.37. The van der Waals surface area contributed by atoms with Crippen molar-refractivity contribution in [1.82, 2.24) is 4.98 Å². The molecule has 6 nitrogen and oxygen atoms in total. The number of benzene rings is 2. The molecule has 0 aliphatic heterocycles. The summed E-state index contributed by atoms with van der Waals surface area (Å²) >= 11 is 0. The van der Waals surface area contributed by atoms with Crippen molar-refractivity contribution in [3.05, 3.63) is 65.0 Å². The van der Waals surface area contributed by atoms with Gasteiger partial charge in [0.05, 0.1) is 11.1 Å². The first kappa shape index (κ1) is 14.5. The molecule has 0 atom stereocenters. The second-order valence-corrected chi connectivity index (χ2v) is 4.80. The van der Waals surface area contributed by atoms with E-state index in [-0.39, 0.29) is 11.1 Å². The Hall–Kier alpha value is -3.41. The van der Waals surface area contributed by atoms with Crippen molar-refractivity contribution in [2.24, 2.45) is 0 Å². The van der Waals surface area contributed by atoms with Gasteiger partial charge in [0.2, 0.25) is 5.89 Å². The minimum Gasteiger partial charge on any atom is -0.478 e. The van der Waals surface area contributed by atoms with Gasteiger partial charge in [-0.05, 0) is 42.0 Å². The van der Waals surface area contributed by atoms with Gasteiger partial charge in [0.25, 0.3) is 0 Å². The molecule has 114 valence electrons. The fraction of sp³-hybridized carbons (Fsp3) is 0. The van der Waals surface area contributed by atoms with Gasteiger partial charge < -0.3 is 14.6 Å². The molecule has 1 aromatic heterocycles. The number of hydrogen-bond donors (Lipinski definition) is 2. The minimum absolute atomic E-state index is 0.144. The molecule has 0 radical (unpaired) electrons. The Morgan fingerprint density at radius 1 is 0.913 bits per heavy atom. The van der Waals surface area contributed by atoms with Gasteiger partial charge in [-0.3, -0.25) is 0 Å². The van der Waals surface area contributed by atoms with Crippen LogP contribution in [0.3, 0.4) is 0 Å². The highest BCUT2D eigenvalue weighted by atomic mass is 16.4. The van der Waals surface area contributed by atoms with Gasteiger partial charge in [-0.15, -0.1) is 0 Å². The fourth-order valence-corrected chi connectivity index (χ4v) is 2.05. The van der Waals surface area contributed by atoms with Gasteiger partial charge in [-0.2, -0.15) is 0 Å². The maximum Gasteiger partial charge on any atom is 0.335 e. The average Bonchev–Trinajstić information content (AvgIpc) is 2.95. The largest absolute Gasteiger partial charge is 0.478 e. The fourth-order valence-electron chi connectivity index (χ4n) is 2.05. The van der Waals surface area contributed by atoms with E-state index in [2.05, 4.69) is 4.98 Å². The summed E-state index contributed by atoms with van der Waals surface area (Å²) in [5, 5.41) is 17.8. The maximum absolute atomic E-state index is 10.9. The number of hydrogen-bond acceptors (Lipinski definition) is 4. The summed E-state index contributed by atoms with van der Waals surface area (Å²) in [6, 6.07) is 10.8. The highest BCUT2D eigenvalue weighted by molar-refractivity contribution is 5.92. The molecule has 0 spiro atoms. The Bertz CT molecular complexity index is 922. The topological polar surface area (TPSA) is 101 Å². The lowest BCUT2D eigenvalue weighted by Gasteiger charge is -1.95. The molecule has 2 aromatic carbocycles. The Morgan fingerprint density at radius 2 is 1.57 bits per heavy atom. The third-order valence-electron chi connectivity index (χ3n) is 3.23. The number of nitrogens with zero attached hydrogens (tertiary/aromatic N) is 1. The lowest BCUT2D eigenvalue weighted by molar-refractivity contribution is 0.0686. The van der Waals surface area contributed by atoms with Crippen molar-refractivity contribution >= 4 is 35.2 Å². The zero-order valence-corrected chi connectivity index (χ0v) is 11.8. The molecule has 0 aliphatic rings. The first-order valence-corrected chi connectivity index (χ1v) is 6.68. The molecule has 2 N–H and O–H groups in total. The average molecular weight is 309 g/mol. The number of carboxylic acid groups (broad SMARTS) is 2. The standard InChI is InChI=1S/C17H11NO5/c19-16(20)11-4-1-10(2-5-11)3-8-15-18-13-9-12(17(21)22)6-7-14(13)23-15/h1-9H,(H,19,20)(H,21,22)/b8-3+. The van der Waals surface area contributed by atoms with Crippen LogP contribution in [-0.4, -0.2) is 27.1 Å². The molecular weight excluding hydrogens is 298 g/mol. The molecule has 0 saturated heterocycles. The SMILES string of the molecule is O=C(O)c1ccc(/C=C/c2nc3cc(C(=O)O)ccc3o2)cc1. The monoisotopic (exact) mass is 309 g/mol. The molecule has 3 aromatic rings. The predicted octanol–water partition coefficient (Wildman–Crippen LogP) is 3.39. The number of fused-ring (bicyclic) bond motifs is 1. The molecule has 6 heteroatoms. The van der Waals surface area contributed by atoms with Crippen molar-refractivity contribution in [1.29, 1.82) is 0 Å². The van der Waals surface area contributed by atoms with E-state index >= 15 is 0 Å². The summed E-state index contributed by atoms with van der Waals surface area (Å²) < 4.78 is 5.50. The molecule has 3 rings (SSSR count). The van der Waals surface area contributed by atoms with Crippen LogP contribution in [0.5, 0.6) is 0 Å². The Balaban J connectivity index is 1.85. The zero-order chi connectivity index (χ0) is 16.4. The lowest BCUT2D eigenvalue weighted by Crippen LogP contribution is -1.94. The molecule has 0 fully saturated rings. The summed E-state index contributed by atoms with van der Waals surface area (Å²) in [4.78, 5) is 25.9. The number of aromatic carboxylic acids is 2. The second-order valence-electron chi connectivity index (χ2n) is 4.80. The Kier molecular flexibility index (Phi) is 3.64. The number of oxazole rings is 1. The molecule has 0 aliphatic carbocycles. The summed E-state index contributed by atoms with van der Waals surface area (Å²) in [5.74, 6) is -1.66. The molecular formula is C17H11NO5. The van der Waals surface area contributed by atoms with E-state index in [1.54, 1.807) is 30.4 Å². The van der Waals surface area contributed by atoms with Crippen LogP contribution in [0.1, 0.15) is 32.2 Å². The molecule has 1 heterocycles. The molecule has 0 unspecified atom stereocenters. The van der Waals surface area contributed by atoms with Gasteiger partial charge in [0.15, 0.2) is 5.58 Å². The first-order chi connectivity index (χ1) is 11.0. The highest BCUT2D eigenvalue weighted by Crippen LogP contribution is 2.19. The van der Waals surface area contributed by atoms with E-state index in [0.717, 1.165) is 5.56 Å². The third kappa shape index (κ3) is 3.11. The summed E-state index contributed by atoms with van der Waals surface area (Å²) in [6.45, 7) is 0. The van der Waals surface area contributed by atoms with Crippen LogP contribution in [0.15, 0.2) is 46.9 Å². The van der Waals surface area contributed by atoms with E-state index in [4.69, 9.17) is 14.6 Å². The number of carboxylic acids is 2. The van der Waals surface area contributed by atoms with Crippen molar-refractivity contribution in [3.8, 4) is 0 Å². The van der Waals surface area contributed by atoms with Gasteiger partial charge in [0, 0.05) is 6.08 Å². The van der Waals surface area contributed by atoms with Gasteiger partial charge >= 0.3 is 11.9 Å². The molecule has 0 amide bonds. The molecule has 0 saturated carbocycles. The Morgan fingerprint density at radius 3 is 2.22 bits per heavy atom. The number of aromatic nitrogens is 1. The third-order valence-corrected chi connectivity index (χ3v) is 3.23. The van der Waals surface area contributed by atoms with Crippen molar-refractivity contribution in [2.75, 3.05) is 0 Å². The normalized spacial score (nSPS) is 11.1. The van der Waals surface area contributed by atoms with Gasteiger partial charge in [0.1, 0.15) is 5.52 Å². The smallest absolute Gasteiger partial charge is 0.335 e. The molecule has 0 bridgehead atoms. The van der Waals surface area contributed by atoms with Crippen molar-refractivity contribution in [3.63, 3.8) is 0 Å². The van der Waals surface area contributed by atoms with Crippen LogP contribution >= 0.6 is 0 Å². The lowest BCUT2D eigenvalue weighted by atomic mass is 10.1. The van der Waals surface area contributed by atoms with Crippen LogP contribution in [-0.2, 0) is 0 Å². The summed E-state index contributed by atoms with van der Waals surface area (Å²) in [5.41, 5.74) is 2.11. The van der Waals surface area contributed by atoms with Gasteiger partial charge in [-0.25, -0.2) is 14.6 Å². The minimum atomic E-state index is -1.02. The first-order valence-electron chi connectivity index (χ1n) is 6.68. The van der Waals surface area contributed by atoms with Crippen LogP contribution in [0.4, 0.5) is 0 Å². The summed E-state index contributed by atoms with van der Waals surface area (Å²) in [7, 11) is 0. The zero-order valence-electron chi connectivity index (χ0n) is 11.8.